The molecule has 1 fully saturated rings. The molecule has 1 aliphatic heterocycles. The standard InChI is InChI=1S/C8H15BrO2/c1-6(2)11-8-5-7(9)3-4-10-8/h6-8H,3-5H2,1-2H3. The van der Waals surface area contributed by atoms with E-state index in [9.17, 15) is 0 Å². The van der Waals surface area contributed by atoms with Gasteiger partial charge in [0, 0.05) is 11.2 Å². The lowest BCUT2D eigenvalue weighted by molar-refractivity contribution is -0.178. The van der Waals surface area contributed by atoms with Gasteiger partial charge >= 0.3 is 0 Å². The smallest absolute Gasteiger partial charge is 0.158 e. The fourth-order valence-electron chi connectivity index (χ4n) is 1.12. The molecular weight excluding hydrogens is 208 g/mol. The van der Waals surface area contributed by atoms with E-state index in [1.807, 2.05) is 13.8 Å². The van der Waals surface area contributed by atoms with Crippen LogP contribution in [0.1, 0.15) is 26.7 Å². The second-order valence-electron chi connectivity index (χ2n) is 3.11. The SMILES string of the molecule is CC(C)OC1CC(Br)CCO1. The summed E-state index contributed by atoms with van der Waals surface area (Å²) in [5.41, 5.74) is 0. The number of halogens is 1. The number of hydrogen-bond acceptors (Lipinski definition) is 2. The normalized spacial score (nSPS) is 32.7. The molecule has 0 amide bonds. The van der Waals surface area contributed by atoms with Crippen molar-refractivity contribution in [3.8, 4) is 0 Å². The van der Waals surface area contributed by atoms with E-state index < -0.39 is 0 Å². The maximum Gasteiger partial charge on any atom is 0.158 e. The van der Waals surface area contributed by atoms with E-state index in [1.165, 1.54) is 0 Å². The zero-order chi connectivity index (χ0) is 8.27. The Morgan fingerprint density at radius 3 is 2.82 bits per heavy atom. The first-order valence-electron chi connectivity index (χ1n) is 4.09. The van der Waals surface area contributed by atoms with Crippen LogP contribution in [0, 0.1) is 0 Å². The van der Waals surface area contributed by atoms with Gasteiger partial charge in [0.2, 0.25) is 0 Å². The predicted octanol–water partition coefficient (Wildman–Crippen LogP) is 2.31. The number of rotatable bonds is 2. The Kier molecular flexibility index (Phi) is 3.82. The van der Waals surface area contributed by atoms with Crippen LogP contribution in [0.4, 0.5) is 0 Å². The van der Waals surface area contributed by atoms with Crippen LogP contribution in [0.15, 0.2) is 0 Å². The molecule has 11 heavy (non-hydrogen) atoms. The van der Waals surface area contributed by atoms with Gasteiger partial charge in [0.05, 0.1) is 12.7 Å². The summed E-state index contributed by atoms with van der Waals surface area (Å²) in [5.74, 6) is 0. The van der Waals surface area contributed by atoms with Crippen LogP contribution in [0.3, 0.4) is 0 Å². The lowest BCUT2D eigenvalue weighted by Gasteiger charge is -2.27. The Labute approximate surface area is 76.4 Å². The van der Waals surface area contributed by atoms with Crippen molar-refractivity contribution in [2.45, 2.75) is 43.9 Å². The van der Waals surface area contributed by atoms with Gasteiger partial charge in [0.1, 0.15) is 0 Å². The molecule has 3 heteroatoms. The van der Waals surface area contributed by atoms with Gasteiger partial charge in [-0.1, -0.05) is 15.9 Å². The van der Waals surface area contributed by atoms with Gasteiger partial charge in [0.15, 0.2) is 6.29 Å². The van der Waals surface area contributed by atoms with Gasteiger partial charge in [-0.25, -0.2) is 0 Å². The first-order chi connectivity index (χ1) is 5.18. The Morgan fingerprint density at radius 2 is 2.27 bits per heavy atom. The summed E-state index contributed by atoms with van der Waals surface area (Å²) in [7, 11) is 0. The molecular formula is C8H15BrO2. The van der Waals surface area contributed by atoms with E-state index in [0.717, 1.165) is 19.4 Å². The molecule has 0 spiro atoms. The second-order valence-corrected chi connectivity index (χ2v) is 4.40. The molecule has 0 saturated carbocycles. The van der Waals surface area contributed by atoms with Crippen molar-refractivity contribution in [3.05, 3.63) is 0 Å². The molecule has 1 saturated heterocycles. The molecule has 0 aliphatic carbocycles. The van der Waals surface area contributed by atoms with Crippen molar-refractivity contribution >= 4 is 15.9 Å². The maximum absolute atomic E-state index is 5.51. The van der Waals surface area contributed by atoms with Crippen molar-refractivity contribution in [1.29, 1.82) is 0 Å². The average molecular weight is 223 g/mol. The Morgan fingerprint density at radius 1 is 1.55 bits per heavy atom. The molecule has 1 aliphatic rings. The molecule has 0 aromatic rings. The third-order valence-electron chi connectivity index (χ3n) is 1.61. The summed E-state index contributed by atoms with van der Waals surface area (Å²) in [6.07, 6.45) is 2.33. The summed E-state index contributed by atoms with van der Waals surface area (Å²) in [6.45, 7) is 4.87. The Balaban J connectivity index is 2.23. The molecule has 0 aromatic carbocycles. The molecule has 66 valence electrons. The van der Waals surface area contributed by atoms with Crippen molar-refractivity contribution in [2.75, 3.05) is 6.61 Å². The van der Waals surface area contributed by atoms with E-state index in [-0.39, 0.29) is 12.4 Å². The summed E-state index contributed by atoms with van der Waals surface area (Å²) < 4.78 is 10.9. The molecule has 0 aromatic heterocycles. The van der Waals surface area contributed by atoms with E-state index in [1.54, 1.807) is 0 Å². The molecule has 2 atom stereocenters. The quantitative estimate of drug-likeness (QED) is 0.669. The summed E-state index contributed by atoms with van der Waals surface area (Å²) in [4.78, 5) is 0.569. The lowest BCUT2D eigenvalue weighted by atomic mass is 10.2. The van der Waals surface area contributed by atoms with Crippen LogP contribution < -0.4 is 0 Å². The summed E-state index contributed by atoms with van der Waals surface area (Å²) in [6, 6.07) is 0. The first-order valence-corrected chi connectivity index (χ1v) is 5.01. The Bertz CT molecular complexity index is 115. The van der Waals surface area contributed by atoms with Gasteiger partial charge < -0.3 is 9.47 Å². The molecule has 1 heterocycles. The number of ether oxygens (including phenoxy) is 2. The lowest BCUT2D eigenvalue weighted by Crippen LogP contribution is -2.30. The summed E-state index contributed by atoms with van der Waals surface area (Å²) >= 11 is 3.56. The fourth-order valence-corrected chi connectivity index (χ4v) is 1.61. The van der Waals surface area contributed by atoms with Gasteiger partial charge in [0.25, 0.3) is 0 Å². The van der Waals surface area contributed by atoms with E-state index >= 15 is 0 Å². The third kappa shape index (κ3) is 3.54. The van der Waals surface area contributed by atoms with Gasteiger partial charge in [-0.05, 0) is 20.3 Å². The number of alkyl halides is 1. The van der Waals surface area contributed by atoms with Crippen molar-refractivity contribution in [2.24, 2.45) is 0 Å². The zero-order valence-electron chi connectivity index (χ0n) is 7.05. The topological polar surface area (TPSA) is 18.5 Å². The highest BCUT2D eigenvalue weighted by Crippen LogP contribution is 2.21. The predicted molar refractivity (Wildman–Crippen MR) is 47.9 cm³/mol. The minimum absolute atomic E-state index is 0.00752. The van der Waals surface area contributed by atoms with Crippen LogP contribution in [-0.4, -0.2) is 23.8 Å². The van der Waals surface area contributed by atoms with Crippen LogP contribution in [-0.2, 0) is 9.47 Å². The average Bonchev–Trinajstić information content (AvgIpc) is 1.85. The van der Waals surface area contributed by atoms with Crippen molar-refractivity contribution < 1.29 is 9.47 Å². The molecule has 0 N–H and O–H groups in total. The molecule has 1 rings (SSSR count). The molecule has 2 nitrogen and oxygen atoms in total. The number of hydrogen-bond donors (Lipinski definition) is 0. The van der Waals surface area contributed by atoms with Crippen molar-refractivity contribution in [1.82, 2.24) is 0 Å². The maximum atomic E-state index is 5.51. The van der Waals surface area contributed by atoms with Crippen molar-refractivity contribution in [3.63, 3.8) is 0 Å². The summed E-state index contributed by atoms with van der Waals surface area (Å²) in [5, 5.41) is 0. The van der Waals surface area contributed by atoms with Crippen LogP contribution in [0.5, 0.6) is 0 Å². The van der Waals surface area contributed by atoms with Crippen LogP contribution >= 0.6 is 15.9 Å². The highest BCUT2D eigenvalue weighted by atomic mass is 79.9. The van der Waals surface area contributed by atoms with Gasteiger partial charge in [-0.2, -0.15) is 0 Å². The molecule has 0 bridgehead atoms. The highest BCUT2D eigenvalue weighted by Gasteiger charge is 2.21. The minimum Gasteiger partial charge on any atom is -0.353 e. The van der Waals surface area contributed by atoms with Gasteiger partial charge in [-0.3, -0.25) is 0 Å². The molecule has 2 unspecified atom stereocenters. The first kappa shape index (κ1) is 9.49. The van der Waals surface area contributed by atoms with E-state index in [0.29, 0.717) is 4.83 Å². The van der Waals surface area contributed by atoms with Crippen LogP contribution in [0.2, 0.25) is 0 Å². The zero-order valence-corrected chi connectivity index (χ0v) is 8.63. The van der Waals surface area contributed by atoms with E-state index in [2.05, 4.69) is 15.9 Å². The fraction of sp³-hybridized carbons (Fsp3) is 1.00. The van der Waals surface area contributed by atoms with Gasteiger partial charge in [-0.15, -0.1) is 0 Å². The monoisotopic (exact) mass is 222 g/mol. The van der Waals surface area contributed by atoms with E-state index in [4.69, 9.17) is 9.47 Å². The van der Waals surface area contributed by atoms with Crippen LogP contribution in [0.25, 0.3) is 0 Å². The highest BCUT2D eigenvalue weighted by molar-refractivity contribution is 9.09. The largest absolute Gasteiger partial charge is 0.353 e. The minimum atomic E-state index is 0.00752. The second kappa shape index (κ2) is 4.43. The molecule has 0 radical (unpaired) electrons. The Hall–Kier alpha value is 0.400. The third-order valence-corrected chi connectivity index (χ3v) is 2.44.